The SMILES string of the molecule is Cl.O=c1[nH]c(-c2cc3sccc3cn2)nc2ccc(OCCN3CCOCC3)cc12. The fourth-order valence-electron chi connectivity index (χ4n) is 3.43. The summed E-state index contributed by atoms with van der Waals surface area (Å²) >= 11 is 1.64. The van der Waals surface area contributed by atoms with Crippen LogP contribution >= 0.6 is 23.7 Å². The van der Waals surface area contributed by atoms with Crippen molar-refractivity contribution in [3.8, 4) is 17.3 Å². The number of fused-ring (bicyclic) bond motifs is 2. The molecular weight excluding hydrogens is 424 g/mol. The zero-order chi connectivity index (χ0) is 19.6. The number of nitrogens with zero attached hydrogens (tertiary/aromatic N) is 3. The van der Waals surface area contributed by atoms with Crippen molar-refractivity contribution in [2.24, 2.45) is 0 Å². The summed E-state index contributed by atoms with van der Waals surface area (Å²) in [4.78, 5) is 26.9. The van der Waals surface area contributed by atoms with Crippen LogP contribution in [0.2, 0.25) is 0 Å². The number of H-pyrrole nitrogens is 1. The quantitative estimate of drug-likeness (QED) is 0.508. The predicted molar refractivity (Wildman–Crippen MR) is 121 cm³/mol. The molecule has 1 fully saturated rings. The summed E-state index contributed by atoms with van der Waals surface area (Å²) in [5, 5.41) is 3.61. The molecule has 1 aliphatic heterocycles. The Morgan fingerprint density at radius 1 is 1.20 bits per heavy atom. The fourth-order valence-corrected chi connectivity index (χ4v) is 4.23. The molecule has 1 saturated heterocycles. The van der Waals surface area contributed by atoms with Gasteiger partial charge in [-0.3, -0.25) is 14.7 Å². The molecule has 0 atom stereocenters. The molecule has 156 valence electrons. The van der Waals surface area contributed by atoms with E-state index in [0.29, 0.717) is 34.8 Å². The van der Waals surface area contributed by atoms with Gasteiger partial charge in [-0.1, -0.05) is 0 Å². The summed E-state index contributed by atoms with van der Waals surface area (Å²) in [6.07, 6.45) is 1.80. The first-order valence-corrected chi connectivity index (χ1v) is 10.4. The van der Waals surface area contributed by atoms with Crippen molar-refractivity contribution < 1.29 is 9.47 Å². The second kappa shape index (κ2) is 9.09. The molecule has 0 saturated carbocycles. The summed E-state index contributed by atoms with van der Waals surface area (Å²) in [5.41, 5.74) is 1.08. The summed E-state index contributed by atoms with van der Waals surface area (Å²) in [7, 11) is 0. The first-order valence-electron chi connectivity index (χ1n) is 9.57. The Bertz CT molecular complexity index is 1220. The van der Waals surface area contributed by atoms with Crippen molar-refractivity contribution in [2.75, 3.05) is 39.5 Å². The van der Waals surface area contributed by atoms with Crippen LogP contribution < -0.4 is 10.3 Å². The van der Waals surface area contributed by atoms with Gasteiger partial charge >= 0.3 is 0 Å². The van der Waals surface area contributed by atoms with Gasteiger partial charge in [0.1, 0.15) is 18.1 Å². The van der Waals surface area contributed by atoms with E-state index in [4.69, 9.17) is 9.47 Å². The van der Waals surface area contributed by atoms with Gasteiger partial charge in [-0.2, -0.15) is 0 Å². The Morgan fingerprint density at radius 2 is 2.07 bits per heavy atom. The molecule has 0 spiro atoms. The van der Waals surface area contributed by atoms with Crippen LogP contribution in [0.3, 0.4) is 0 Å². The van der Waals surface area contributed by atoms with Gasteiger partial charge in [-0.05, 0) is 35.7 Å². The minimum atomic E-state index is -0.197. The third-order valence-corrected chi connectivity index (χ3v) is 5.92. The van der Waals surface area contributed by atoms with E-state index in [2.05, 4.69) is 19.9 Å². The average Bonchev–Trinajstić information content (AvgIpc) is 3.23. The lowest BCUT2D eigenvalue weighted by Crippen LogP contribution is -2.38. The lowest BCUT2D eigenvalue weighted by Gasteiger charge is -2.26. The maximum absolute atomic E-state index is 12.7. The summed E-state index contributed by atoms with van der Waals surface area (Å²) in [6.45, 7) is 4.81. The Morgan fingerprint density at radius 3 is 2.93 bits per heavy atom. The molecule has 1 aliphatic rings. The van der Waals surface area contributed by atoms with E-state index in [1.807, 2.05) is 29.6 Å². The van der Waals surface area contributed by atoms with E-state index in [1.54, 1.807) is 23.6 Å². The number of aromatic nitrogens is 3. The average molecular weight is 445 g/mol. The van der Waals surface area contributed by atoms with Crippen LogP contribution in [0.4, 0.5) is 0 Å². The standard InChI is InChI=1S/C21H20N4O3S.ClH/c26-21-16-11-15(28-9-6-25-4-7-27-8-5-25)1-2-17(16)23-20(24-21)18-12-19-14(13-22-18)3-10-29-19;/h1-3,10-13H,4-9H2,(H,23,24,26);1H. The number of hydrogen-bond acceptors (Lipinski definition) is 7. The molecule has 1 aromatic carbocycles. The number of aromatic amines is 1. The van der Waals surface area contributed by atoms with Crippen molar-refractivity contribution in [2.45, 2.75) is 0 Å². The van der Waals surface area contributed by atoms with Crippen LogP contribution in [0.5, 0.6) is 5.75 Å². The number of morpholine rings is 1. The van der Waals surface area contributed by atoms with Gasteiger partial charge in [-0.25, -0.2) is 4.98 Å². The van der Waals surface area contributed by atoms with Gasteiger partial charge in [0.05, 0.1) is 24.1 Å². The predicted octanol–water partition coefficient (Wildman–Crippen LogP) is 3.33. The number of ether oxygens (including phenoxy) is 2. The third-order valence-electron chi connectivity index (χ3n) is 5.04. The number of thiophene rings is 1. The maximum Gasteiger partial charge on any atom is 0.259 e. The van der Waals surface area contributed by atoms with Crippen molar-refractivity contribution >= 4 is 44.7 Å². The molecular formula is C21H21ClN4O3S. The largest absolute Gasteiger partial charge is 0.492 e. The molecule has 1 N–H and O–H groups in total. The smallest absolute Gasteiger partial charge is 0.259 e. The minimum absolute atomic E-state index is 0. The Balaban J connectivity index is 0.00000218. The van der Waals surface area contributed by atoms with E-state index in [9.17, 15) is 4.79 Å². The molecule has 5 rings (SSSR count). The second-order valence-electron chi connectivity index (χ2n) is 6.92. The van der Waals surface area contributed by atoms with Gasteiger partial charge < -0.3 is 14.5 Å². The van der Waals surface area contributed by atoms with Gasteiger partial charge in [0.25, 0.3) is 5.56 Å². The summed E-state index contributed by atoms with van der Waals surface area (Å²) in [5.74, 6) is 1.14. The van der Waals surface area contributed by atoms with Crippen molar-refractivity contribution in [1.29, 1.82) is 0 Å². The number of rotatable bonds is 5. The van der Waals surface area contributed by atoms with Crippen LogP contribution in [-0.2, 0) is 4.74 Å². The maximum atomic E-state index is 12.7. The number of nitrogens with one attached hydrogen (secondary N) is 1. The van der Waals surface area contributed by atoms with E-state index in [-0.39, 0.29) is 18.0 Å². The highest BCUT2D eigenvalue weighted by Crippen LogP contribution is 2.24. The van der Waals surface area contributed by atoms with Crippen LogP contribution in [-0.4, -0.2) is 59.3 Å². The van der Waals surface area contributed by atoms with Crippen molar-refractivity contribution in [3.05, 3.63) is 52.3 Å². The molecule has 7 nitrogen and oxygen atoms in total. The molecule has 30 heavy (non-hydrogen) atoms. The van der Waals surface area contributed by atoms with Crippen LogP contribution in [0.25, 0.3) is 32.5 Å². The van der Waals surface area contributed by atoms with Gasteiger partial charge in [0, 0.05) is 35.9 Å². The summed E-state index contributed by atoms with van der Waals surface area (Å²) in [6, 6.07) is 9.40. The first kappa shape index (κ1) is 20.7. The van der Waals surface area contributed by atoms with Crippen molar-refractivity contribution in [1.82, 2.24) is 19.9 Å². The highest BCUT2D eigenvalue weighted by Gasteiger charge is 2.11. The molecule has 4 aromatic rings. The lowest BCUT2D eigenvalue weighted by atomic mass is 10.2. The monoisotopic (exact) mass is 444 g/mol. The van der Waals surface area contributed by atoms with E-state index in [0.717, 1.165) is 42.9 Å². The number of hydrogen-bond donors (Lipinski definition) is 1. The number of pyridine rings is 1. The highest BCUT2D eigenvalue weighted by atomic mass is 35.5. The van der Waals surface area contributed by atoms with Crippen LogP contribution in [0, 0.1) is 0 Å². The van der Waals surface area contributed by atoms with Gasteiger partial charge in [-0.15, -0.1) is 23.7 Å². The van der Waals surface area contributed by atoms with Gasteiger partial charge in [0.2, 0.25) is 0 Å². The molecule has 0 bridgehead atoms. The first-order chi connectivity index (χ1) is 14.3. The molecule has 3 aromatic heterocycles. The minimum Gasteiger partial charge on any atom is -0.492 e. The summed E-state index contributed by atoms with van der Waals surface area (Å²) < 4.78 is 12.3. The van der Waals surface area contributed by atoms with Crippen molar-refractivity contribution in [3.63, 3.8) is 0 Å². The van der Waals surface area contributed by atoms with Crippen LogP contribution in [0.1, 0.15) is 0 Å². The number of halogens is 1. The molecule has 4 heterocycles. The van der Waals surface area contributed by atoms with E-state index < -0.39 is 0 Å². The fraction of sp³-hybridized carbons (Fsp3) is 0.286. The highest BCUT2D eigenvalue weighted by molar-refractivity contribution is 7.17. The Kier molecular flexibility index (Phi) is 6.29. The molecule has 0 radical (unpaired) electrons. The zero-order valence-corrected chi connectivity index (χ0v) is 17.8. The molecule has 0 aliphatic carbocycles. The Labute approximate surface area is 183 Å². The normalized spacial score (nSPS) is 14.7. The van der Waals surface area contributed by atoms with E-state index in [1.165, 1.54) is 0 Å². The van der Waals surface area contributed by atoms with E-state index >= 15 is 0 Å². The number of benzene rings is 1. The molecule has 0 amide bonds. The second-order valence-corrected chi connectivity index (χ2v) is 7.87. The van der Waals surface area contributed by atoms with Crippen LogP contribution in [0.15, 0.2) is 46.7 Å². The molecule has 9 heteroatoms. The molecule has 0 unspecified atom stereocenters. The zero-order valence-electron chi connectivity index (χ0n) is 16.2. The topological polar surface area (TPSA) is 80.3 Å². The third kappa shape index (κ3) is 4.32. The lowest BCUT2D eigenvalue weighted by molar-refractivity contribution is 0.0322. The van der Waals surface area contributed by atoms with Gasteiger partial charge in [0.15, 0.2) is 5.82 Å². The Hall–Kier alpha value is -2.52.